The van der Waals surface area contributed by atoms with Gasteiger partial charge in [0.05, 0.1) is 0 Å². The Kier molecular flexibility index (Phi) is 4.48. The van der Waals surface area contributed by atoms with E-state index in [0.717, 1.165) is 16.8 Å². The van der Waals surface area contributed by atoms with Crippen LogP contribution in [0, 0.1) is 0 Å². The van der Waals surface area contributed by atoms with E-state index in [1.165, 1.54) is 6.92 Å². The number of para-hydroxylation sites is 1. The third kappa shape index (κ3) is 3.54. The molecule has 2 aromatic carbocycles. The zero-order valence-electron chi connectivity index (χ0n) is 12.4. The molecule has 0 heterocycles. The molecule has 110 valence electrons. The SMILES string of the molecule is CC(Oc1ccc(-c2ccccc2N(C)C)cc1)C(=O)O. The number of hydrogen-bond donors (Lipinski definition) is 1. The second kappa shape index (κ2) is 6.31. The van der Waals surface area contributed by atoms with Gasteiger partial charge in [-0.1, -0.05) is 30.3 Å². The fourth-order valence-corrected chi connectivity index (χ4v) is 2.08. The van der Waals surface area contributed by atoms with E-state index in [0.29, 0.717) is 5.75 Å². The van der Waals surface area contributed by atoms with Crippen molar-refractivity contribution in [2.45, 2.75) is 13.0 Å². The molecule has 0 fully saturated rings. The van der Waals surface area contributed by atoms with E-state index >= 15 is 0 Å². The van der Waals surface area contributed by atoms with Crippen LogP contribution in [-0.4, -0.2) is 31.3 Å². The van der Waals surface area contributed by atoms with Crippen molar-refractivity contribution in [3.63, 3.8) is 0 Å². The molecule has 0 spiro atoms. The average molecular weight is 285 g/mol. The summed E-state index contributed by atoms with van der Waals surface area (Å²) in [6.45, 7) is 1.51. The van der Waals surface area contributed by atoms with Gasteiger partial charge in [-0.25, -0.2) is 4.79 Å². The van der Waals surface area contributed by atoms with Gasteiger partial charge in [0.2, 0.25) is 0 Å². The highest BCUT2D eigenvalue weighted by atomic mass is 16.5. The smallest absolute Gasteiger partial charge is 0.344 e. The Hall–Kier alpha value is -2.49. The Morgan fingerprint density at radius 1 is 1.10 bits per heavy atom. The highest BCUT2D eigenvalue weighted by Crippen LogP contribution is 2.30. The maximum Gasteiger partial charge on any atom is 0.344 e. The maximum atomic E-state index is 10.8. The summed E-state index contributed by atoms with van der Waals surface area (Å²) in [5, 5.41) is 8.84. The minimum absolute atomic E-state index is 0.552. The number of hydrogen-bond acceptors (Lipinski definition) is 3. The first kappa shape index (κ1) is 14.9. The van der Waals surface area contributed by atoms with Gasteiger partial charge in [-0.05, 0) is 30.7 Å². The number of aliphatic carboxylic acids is 1. The Balaban J connectivity index is 2.25. The lowest BCUT2D eigenvalue weighted by Crippen LogP contribution is -2.22. The van der Waals surface area contributed by atoms with Crippen LogP contribution in [0.2, 0.25) is 0 Å². The molecule has 0 aromatic heterocycles. The van der Waals surface area contributed by atoms with Gasteiger partial charge in [0, 0.05) is 25.3 Å². The van der Waals surface area contributed by atoms with Gasteiger partial charge in [-0.3, -0.25) is 0 Å². The summed E-state index contributed by atoms with van der Waals surface area (Å²) in [7, 11) is 4.01. The topological polar surface area (TPSA) is 49.8 Å². The molecule has 0 radical (unpaired) electrons. The van der Waals surface area contributed by atoms with E-state index in [1.54, 1.807) is 12.1 Å². The van der Waals surface area contributed by atoms with Crippen LogP contribution in [0.25, 0.3) is 11.1 Å². The normalized spacial score (nSPS) is 11.8. The molecular weight excluding hydrogens is 266 g/mol. The van der Waals surface area contributed by atoms with Gasteiger partial charge in [-0.2, -0.15) is 0 Å². The second-order valence-electron chi connectivity index (χ2n) is 5.03. The Bertz CT molecular complexity index is 620. The predicted octanol–water partition coefficient (Wildman–Crippen LogP) is 3.27. The molecule has 0 saturated heterocycles. The van der Waals surface area contributed by atoms with E-state index < -0.39 is 12.1 Å². The second-order valence-corrected chi connectivity index (χ2v) is 5.03. The van der Waals surface area contributed by atoms with Crippen molar-refractivity contribution < 1.29 is 14.6 Å². The standard InChI is InChI=1S/C17H19NO3/c1-12(17(19)20)21-14-10-8-13(9-11-14)15-6-4-5-7-16(15)18(2)3/h4-12H,1-3H3,(H,19,20). The number of rotatable bonds is 5. The third-order valence-corrected chi connectivity index (χ3v) is 3.21. The molecule has 4 nitrogen and oxygen atoms in total. The molecule has 0 amide bonds. The molecular formula is C17H19NO3. The van der Waals surface area contributed by atoms with Crippen LogP contribution < -0.4 is 9.64 Å². The first-order valence-corrected chi connectivity index (χ1v) is 6.75. The first-order chi connectivity index (χ1) is 9.99. The average Bonchev–Trinajstić information content (AvgIpc) is 2.48. The summed E-state index contributed by atoms with van der Waals surface area (Å²) in [4.78, 5) is 12.8. The summed E-state index contributed by atoms with van der Waals surface area (Å²) in [6.07, 6.45) is -0.857. The van der Waals surface area contributed by atoms with Crippen LogP contribution in [0.4, 0.5) is 5.69 Å². The Labute approximate surface area is 124 Å². The number of anilines is 1. The molecule has 2 rings (SSSR count). The number of carboxylic acids is 1. The third-order valence-electron chi connectivity index (χ3n) is 3.21. The molecule has 0 aliphatic rings. The fourth-order valence-electron chi connectivity index (χ4n) is 2.08. The number of carboxylic acid groups (broad SMARTS) is 1. The first-order valence-electron chi connectivity index (χ1n) is 6.75. The van der Waals surface area contributed by atoms with Gasteiger partial charge in [0.15, 0.2) is 6.10 Å². The highest BCUT2D eigenvalue weighted by molar-refractivity contribution is 5.78. The molecule has 4 heteroatoms. The van der Waals surface area contributed by atoms with Crippen molar-refractivity contribution in [1.29, 1.82) is 0 Å². The number of ether oxygens (including phenoxy) is 1. The van der Waals surface area contributed by atoms with E-state index in [9.17, 15) is 4.79 Å². The van der Waals surface area contributed by atoms with E-state index in [1.807, 2.05) is 38.4 Å². The monoisotopic (exact) mass is 285 g/mol. The summed E-state index contributed by atoms with van der Waals surface area (Å²) in [5.41, 5.74) is 3.32. The van der Waals surface area contributed by atoms with Gasteiger partial charge < -0.3 is 14.7 Å². The van der Waals surface area contributed by atoms with Crippen molar-refractivity contribution in [2.24, 2.45) is 0 Å². The molecule has 0 saturated carbocycles. The van der Waals surface area contributed by atoms with Crippen LogP contribution in [-0.2, 0) is 4.79 Å². The number of nitrogens with zero attached hydrogens (tertiary/aromatic N) is 1. The van der Waals surface area contributed by atoms with Crippen molar-refractivity contribution in [2.75, 3.05) is 19.0 Å². The van der Waals surface area contributed by atoms with Crippen LogP contribution >= 0.6 is 0 Å². The molecule has 0 aliphatic heterocycles. The van der Waals surface area contributed by atoms with E-state index in [4.69, 9.17) is 9.84 Å². The zero-order chi connectivity index (χ0) is 15.4. The van der Waals surface area contributed by atoms with Crippen molar-refractivity contribution in [3.8, 4) is 16.9 Å². The lowest BCUT2D eigenvalue weighted by Gasteiger charge is -2.18. The Morgan fingerprint density at radius 3 is 2.29 bits per heavy atom. The predicted molar refractivity (Wildman–Crippen MR) is 83.9 cm³/mol. The molecule has 0 aliphatic carbocycles. The summed E-state index contributed by atoms with van der Waals surface area (Å²) in [6, 6.07) is 15.6. The van der Waals surface area contributed by atoms with Crippen LogP contribution in [0.3, 0.4) is 0 Å². The van der Waals surface area contributed by atoms with E-state index in [2.05, 4.69) is 17.0 Å². The summed E-state index contributed by atoms with van der Waals surface area (Å²) >= 11 is 0. The molecule has 2 aromatic rings. The van der Waals surface area contributed by atoms with Gasteiger partial charge in [0.25, 0.3) is 0 Å². The lowest BCUT2D eigenvalue weighted by atomic mass is 10.0. The van der Waals surface area contributed by atoms with Crippen LogP contribution in [0.5, 0.6) is 5.75 Å². The van der Waals surface area contributed by atoms with Gasteiger partial charge >= 0.3 is 5.97 Å². The number of benzene rings is 2. The molecule has 1 N–H and O–H groups in total. The lowest BCUT2D eigenvalue weighted by molar-refractivity contribution is -0.144. The van der Waals surface area contributed by atoms with Crippen molar-refractivity contribution in [3.05, 3.63) is 48.5 Å². The highest BCUT2D eigenvalue weighted by Gasteiger charge is 2.12. The summed E-state index contributed by atoms with van der Waals surface area (Å²) < 4.78 is 5.33. The molecule has 0 bridgehead atoms. The van der Waals surface area contributed by atoms with Crippen molar-refractivity contribution in [1.82, 2.24) is 0 Å². The van der Waals surface area contributed by atoms with E-state index in [-0.39, 0.29) is 0 Å². The molecule has 1 atom stereocenters. The molecule has 21 heavy (non-hydrogen) atoms. The largest absolute Gasteiger partial charge is 0.479 e. The minimum atomic E-state index is -0.975. The Morgan fingerprint density at radius 2 is 1.71 bits per heavy atom. The van der Waals surface area contributed by atoms with Crippen molar-refractivity contribution >= 4 is 11.7 Å². The quantitative estimate of drug-likeness (QED) is 0.916. The number of carbonyl (C=O) groups is 1. The van der Waals surface area contributed by atoms with Crippen LogP contribution in [0.15, 0.2) is 48.5 Å². The fraction of sp³-hybridized carbons (Fsp3) is 0.235. The van der Waals surface area contributed by atoms with Gasteiger partial charge in [-0.15, -0.1) is 0 Å². The minimum Gasteiger partial charge on any atom is -0.479 e. The zero-order valence-corrected chi connectivity index (χ0v) is 12.4. The summed E-state index contributed by atoms with van der Waals surface area (Å²) in [5.74, 6) is -0.423. The van der Waals surface area contributed by atoms with Gasteiger partial charge in [0.1, 0.15) is 5.75 Å². The maximum absolute atomic E-state index is 10.8. The van der Waals surface area contributed by atoms with Crippen LogP contribution in [0.1, 0.15) is 6.92 Å². The molecule has 1 unspecified atom stereocenters.